The second-order valence-corrected chi connectivity index (χ2v) is 6.04. The molecule has 4 rings (SSSR count). The molecule has 0 aliphatic rings. The van der Waals surface area contributed by atoms with Crippen molar-refractivity contribution in [1.82, 2.24) is 9.13 Å². The first-order chi connectivity index (χ1) is 12.3. The van der Waals surface area contributed by atoms with Gasteiger partial charge in [0.05, 0.1) is 17.6 Å². The lowest BCUT2D eigenvalue weighted by atomic mass is 10.1. The van der Waals surface area contributed by atoms with Gasteiger partial charge in [-0.1, -0.05) is 12.1 Å². The summed E-state index contributed by atoms with van der Waals surface area (Å²) in [6.07, 6.45) is 4.02. The predicted molar refractivity (Wildman–Crippen MR) is 101 cm³/mol. The molecule has 0 atom stereocenters. The van der Waals surface area contributed by atoms with Crippen LogP contribution in [0.3, 0.4) is 0 Å². The quantitative estimate of drug-likeness (QED) is 0.517. The van der Waals surface area contributed by atoms with E-state index in [-0.39, 0.29) is 5.43 Å². The number of ether oxygens (including phenoxy) is 1. The van der Waals surface area contributed by atoms with Gasteiger partial charge in [0.1, 0.15) is 12.4 Å². The summed E-state index contributed by atoms with van der Waals surface area (Å²) in [5, 5.41) is 1.46. The van der Waals surface area contributed by atoms with Crippen LogP contribution in [-0.4, -0.2) is 15.7 Å². The van der Waals surface area contributed by atoms with E-state index in [1.807, 2.05) is 67.0 Å². The Labute approximate surface area is 145 Å². The highest BCUT2D eigenvalue weighted by Gasteiger charge is 2.10. The largest absolute Gasteiger partial charge is 0.492 e. The van der Waals surface area contributed by atoms with E-state index >= 15 is 0 Å². The zero-order valence-corrected chi connectivity index (χ0v) is 14.2. The Hall–Kier alpha value is -3.01. The fourth-order valence-corrected chi connectivity index (χ4v) is 3.33. The van der Waals surface area contributed by atoms with Gasteiger partial charge in [0.2, 0.25) is 0 Å². The normalized spacial score (nSPS) is 11.2. The Morgan fingerprint density at radius 3 is 2.48 bits per heavy atom. The lowest BCUT2D eigenvalue weighted by Crippen LogP contribution is -2.11. The van der Waals surface area contributed by atoms with Crippen molar-refractivity contribution in [2.24, 2.45) is 0 Å². The van der Waals surface area contributed by atoms with Crippen LogP contribution >= 0.6 is 0 Å². The van der Waals surface area contributed by atoms with Crippen molar-refractivity contribution in [3.8, 4) is 5.75 Å². The maximum Gasteiger partial charge on any atom is 0.197 e. The van der Waals surface area contributed by atoms with E-state index < -0.39 is 0 Å². The van der Waals surface area contributed by atoms with E-state index in [0.29, 0.717) is 12.0 Å². The molecule has 0 aliphatic carbocycles. The number of aromatic nitrogens is 2. The molecule has 4 nitrogen and oxygen atoms in total. The molecule has 0 spiro atoms. The highest BCUT2D eigenvalue weighted by atomic mass is 16.5. The Balaban J connectivity index is 1.73. The van der Waals surface area contributed by atoms with Crippen molar-refractivity contribution in [3.05, 3.63) is 77.2 Å². The van der Waals surface area contributed by atoms with Crippen LogP contribution in [0.1, 0.15) is 6.92 Å². The number of aryl methyl sites for hydroxylation is 1. The molecule has 0 aliphatic heterocycles. The summed E-state index contributed by atoms with van der Waals surface area (Å²) in [6, 6.07) is 17.6. The molecule has 0 radical (unpaired) electrons. The van der Waals surface area contributed by atoms with Gasteiger partial charge >= 0.3 is 0 Å². The Morgan fingerprint density at radius 1 is 0.920 bits per heavy atom. The predicted octanol–water partition coefficient (Wildman–Crippen LogP) is 4.06. The van der Waals surface area contributed by atoms with E-state index in [2.05, 4.69) is 16.1 Å². The van der Waals surface area contributed by atoms with Crippen LogP contribution in [0.25, 0.3) is 21.8 Å². The topological polar surface area (TPSA) is 36.2 Å². The van der Waals surface area contributed by atoms with Crippen LogP contribution in [0, 0.1) is 0 Å². The number of benzene rings is 2. The maximum absolute atomic E-state index is 12.9. The van der Waals surface area contributed by atoms with E-state index in [1.54, 1.807) is 0 Å². The van der Waals surface area contributed by atoms with E-state index in [0.717, 1.165) is 35.3 Å². The monoisotopic (exact) mass is 332 g/mol. The van der Waals surface area contributed by atoms with Gasteiger partial charge in [-0.2, -0.15) is 0 Å². The number of hydrogen-bond donors (Lipinski definition) is 0. The molecule has 0 unspecified atom stereocenters. The van der Waals surface area contributed by atoms with Crippen molar-refractivity contribution in [2.45, 2.75) is 20.0 Å². The zero-order chi connectivity index (χ0) is 17.2. The van der Waals surface area contributed by atoms with Gasteiger partial charge in [-0.05, 0) is 49.4 Å². The highest BCUT2D eigenvalue weighted by molar-refractivity contribution is 5.94. The number of hydrogen-bond acceptors (Lipinski definition) is 2. The van der Waals surface area contributed by atoms with Gasteiger partial charge in [0.15, 0.2) is 5.43 Å². The third-order valence-electron chi connectivity index (χ3n) is 4.54. The van der Waals surface area contributed by atoms with E-state index in [4.69, 9.17) is 4.74 Å². The standard InChI is InChI=1S/C21H20N2O2/c1-2-23-19-8-4-3-7-17(19)21(24)18-15-16(9-10-20(18)23)25-14-13-22-11-5-6-12-22/h3-12,15H,2,13-14H2,1H3. The molecular formula is C21H20N2O2. The molecule has 4 heteroatoms. The number of para-hydroxylation sites is 1. The van der Waals surface area contributed by atoms with Gasteiger partial charge in [0.25, 0.3) is 0 Å². The van der Waals surface area contributed by atoms with Crippen molar-refractivity contribution in [2.75, 3.05) is 6.61 Å². The number of fused-ring (bicyclic) bond motifs is 2. The smallest absolute Gasteiger partial charge is 0.197 e. The lowest BCUT2D eigenvalue weighted by molar-refractivity contribution is 0.299. The summed E-state index contributed by atoms with van der Waals surface area (Å²) >= 11 is 0. The van der Waals surface area contributed by atoms with Crippen LogP contribution < -0.4 is 10.2 Å². The van der Waals surface area contributed by atoms with E-state index in [9.17, 15) is 4.79 Å². The molecule has 0 saturated heterocycles. The Bertz CT molecular complexity index is 1080. The fraction of sp³-hybridized carbons (Fsp3) is 0.190. The molecule has 126 valence electrons. The molecule has 0 saturated carbocycles. The first-order valence-corrected chi connectivity index (χ1v) is 8.57. The van der Waals surface area contributed by atoms with Gasteiger partial charge in [-0.15, -0.1) is 0 Å². The highest BCUT2D eigenvalue weighted by Crippen LogP contribution is 2.23. The van der Waals surface area contributed by atoms with Crippen LogP contribution in [0.4, 0.5) is 0 Å². The van der Waals surface area contributed by atoms with Gasteiger partial charge in [0, 0.05) is 29.7 Å². The first-order valence-electron chi connectivity index (χ1n) is 8.57. The zero-order valence-electron chi connectivity index (χ0n) is 14.2. The summed E-state index contributed by atoms with van der Waals surface area (Å²) < 4.78 is 10.1. The second kappa shape index (κ2) is 6.48. The minimum Gasteiger partial charge on any atom is -0.492 e. The third-order valence-corrected chi connectivity index (χ3v) is 4.54. The summed E-state index contributed by atoms with van der Waals surface area (Å²) in [5.74, 6) is 0.731. The number of nitrogens with zero attached hydrogens (tertiary/aromatic N) is 2. The van der Waals surface area contributed by atoms with Crippen LogP contribution in [-0.2, 0) is 13.1 Å². The molecule has 0 N–H and O–H groups in total. The van der Waals surface area contributed by atoms with Gasteiger partial charge in [-0.25, -0.2) is 0 Å². The van der Waals surface area contributed by atoms with Crippen LogP contribution in [0.15, 0.2) is 71.8 Å². The first kappa shape index (κ1) is 15.5. The van der Waals surface area contributed by atoms with Crippen molar-refractivity contribution >= 4 is 21.8 Å². The summed E-state index contributed by atoms with van der Waals surface area (Å²) in [7, 11) is 0. The van der Waals surface area contributed by atoms with Crippen LogP contribution in [0.2, 0.25) is 0 Å². The number of pyridine rings is 1. The van der Waals surface area contributed by atoms with Crippen molar-refractivity contribution in [3.63, 3.8) is 0 Å². The summed E-state index contributed by atoms with van der Waals surface area (Å²) in [5.41, 5.74) is 1.99. The minimum atomic E-state index is 0.0613. The van der Waals surface area contributed by atoms with Crippen molar-refractivity contribution < 1.29 is 4.74 Å². The SMILES string of the molecule is CCn1c2ccccc2c(=O)c2cc(OCCn3cccc3)ccc21. The Kier molecular flexibility index (Phi) is 4.02. The number of rotatable bonds is 5. The molecule has 25 heavy (non-hydrogen) atoms. The Morgan fingerprint density at radius 2 is 1.68 bits per heavy atom. The molecule has 2 aromatic carbocycles. The van der Waals surface area contributed by atoms with Crippen LogP contribution in [0.5, 0.6) is 5.75 Å². The molecule has 0 amide bonds. The second-order valence-electron chi connectivity index (χ2n) is 6.04. The molecule has 4 aromatic rings. The average molecular weight is 332 g/mol. The summed E-state index contributed by atoms with van der Waals surface area (Å²) in [6.45, 7) is 4.25. The lowest BCUT2D eigenvalue weighted by Gasteiger charge is -2.14. The van der Waals surface area contributed by atoms with Gasteiger partial charge < -0.3 is 13.9 Å². The molecule has 0 fully saturated rings. The van der Waals surface area contributed by atoms with Crippen molar-refractivity contribution in [1.29, 1.82) is 0 Å². The molecule has 2 heterocycles. The molecule has 2 aromatic heterocycles. The maximum atomic E-state index is 12.9. The average Bonchev–Trinajstić information content (AvgIpc) is 3.16. The summed E-state index contributed by atoms with van der Waals surface area (Å²) in [4.78, 5) is 12.9. The molecular weight excluding hydrogens is 312 g/mol. The fourth-order valence-electron chi connectivity index (χ4n) is 3.33. The van der Waals surface area contributed by atoms with Gasteiger partial charge in [-0.3, -0.25) is 4.79 Å². The van der Waals surface area contributed by atoms with E-state index in [1.165, 1.54) is 0 Å². The minimum absolute atomic E-state index is 0.0613. The molecule has 0 bridgehead atoms. The third kappa shape index (κ3) is 2.80.